The van der Waals surface area contributed by atoms with E-state index in [1.807, 2.05) is 0 Å². The maximum Gasteiger partial charge on any atom is 0.255 e. The summed E-state index contributed by atoms with van der Waals surface area (Å²) < 4.78 is 18.5. The summed E-state index contributed by atoms with van der Waals surface area (Å²) in [5.74, 6) is -0.976. The van der Waals surface area contributed by atoms with E-state index in [9.17, 15) is 14.0 Å². The first-order valence-electron chi connectivity index (χ1n) is 9.57. The quantitative estimate of drug-likeness (QED) is 0.619. The molecule has 6 nitrogen and oxygen atoms in total. The molecule has 0 atom stereocenters. The van der Waals surface area contributed by atoms with E-state index < -0.39 is 5.41 Å². The molecule has 1 aromatic heterocycles. The Morgan fingerprint density at radius 3 is 2.42 bits per heavy atom. The predicted molar refractivity (Wildman–Crippen MR) is 116 cm³/mol. The first-order valence-corrected chi connectivity index (χ1v) is 9.95. The van der Waals surface area contributed by atoms with Crippen molar-refractivity contribution in [1.82, 2.24) is 4.98 Å². The lowest BCUT2D eigenvalue weighted by Gasteiger charge is -2.39. The number of ether oxygens (including phenoxy) is 1. The second kappa shape index (κ2) is 8.45. The van der Waals surface area contributed by atoms with E-state index >= 15 is 0 Å². The van der Waals surface area contributed by atoms with Gasteiger partial charge in [-0.25, -0.2) is 4.39 Å². The van der Waals surface area contributed by atoms with Gasteiger partial charge in [-0.2, -0.15) is 0 Å². The number of carbonyl (C=O) groups excluding carboxylic acids is 2. The Bertz CT molecular complexity index is 1150. The molecular weight excluding hydrogens is 421 g/mol. The lowest BCUT2D eigenvalue weighted by Crippen LogP contribution is -2.56. The van der Waals surface area contributed by atoms with Crippen molar-refractivity contribution < 1.29 is 18.7 Å². The van der Waals surface area contributed by atoms with E-state index in [-0.39, 0.29) is 30.8 Å². The number of rotatable bonds is 5. The summed E-state index contributed by atoms with van der Waals surface area (Å²) in [6.07, 6.45) is 0. The number of anilines is 2. The number of aromatic nitrogens is 1. The van der Waals surface area contributed by atoms with Crippen molar-refractivity contribution in [2.75, 3.05) is 23.8 Å². The largest absolute Gasteiger partial charge is 0.378 e. The summed E-state index contributed by atoms with van der Waals surface area (Å²) in [4.78, 5) is 30.0. The van der Waals surface area contributed by atoms with Crippen LogP contribution in [0, 0.1) is 12.7 Å². The average Bonchev–Trinajstić information content (AvgIpc) is 2.71. The third-order valence-electron chi connectivity index (χ3n) is 5.14. The third kappa shape index (κ3) is 4.28. The predicted octanol–water partition coefficient (Wildman–Crippen LogP) is 4.34. The molecule has 0 radical (unpaired) electrons. The van der Waals surface area contributed by atoms with E-state index in [0.717, 1.165) is 0 Å². The Hall–Kier alpha value is -3.29. The lowest BCUT2D eigenvalue weighted by atomic mass is 9.80. The van der Waals surface area contributed by atoms with Crippen molar-refractivity contribution in [3.63, 3.8) is 0 Å². The van der Waals surface area contributed by atoms with Crippen LogP contribution in [-0.4, -0.2) is 30.0 Å². The molecule has 2 N–H and O–H groups in total. The lowest BCUT2D eigenvalue weighted by molar-refractivity contribution is -0.140. The Kier molecular flexibility index (Phi) is 5.71. The van der Waals surface area contributed by atoms with E-state index in [1.165, 1.54) is 24.3 Å². The van der Waals surface area contributed by atoms with Gasteiger partial charge >= 0.3 is 0 Å². The average molecular weight is 440 g/mol. The molecule has 4 rings (SSSR count). The van der Waals surface area contributed by atoms with Gasteiger partial charge in [0.1, 0.15) is 11.2 Å². The number of hydrogen-bond acceptors (Lipinski definition) is 4. The fraction of sp³-hybridized carbons (Fsp3) is 0.174. The molecule has 2 heterocycles. The third-order valence-corrected chi connectivity index (χ3v) is 5.38. The fourth-order valence-electron chi connectivity index (χ4n) is 3.27. The standard InChI is InChI=1S/C23H19ClFN3O3/c1-14-19(28-21(29)15-3-2-4-16(24)11-15)9-10-20(26-14)23(12-31-13-23)22(30)27-18-7-5-17(25)6-8-18/h2-11H,12-13H2,1H3,(H,27,30)(H,28,29). The molecule has 31 heavy (non-hydrogen) atoms. The summed E-state index contributed by atoms with van der Waals surface area (Å²) in [6, 6.07) is 15.6. The highest BCUT2D eigenvalue weighted by Crippen LogP contribution is 2.34. The van der Waals surface area contributed by atoms with Gasteiger partial charge in [0, 0.05) is 16.3 Å². The number of nitrogens with one attached hydrogen (secondary N) is 2. The highest BCUT2D eigenvalue weighted by molar-refractivity contribution is 6.31. The molecule has 0 bridgehead atoms. The van der Waals surface area contributed by atoms with Gasteiger partial charge in [0.2, 0.25) is 5.91 Å². The Balaban J connectivity index is 1.53. The maximum atomic E-state index is 13.1. The number of amides is 2. The number of benzene rings is 2. The van der Waals surface area contributed by atoms with Crippen molar-refractivity contribution in [3.05, 3.63) is 88.5 Å². The van der Waals surface area contributed by atoms with Gasteiger partial charge in [-0.3, -0.25) is 14.6 Å². The number of carbonyl (C=O) groups is 2. The number of halogens is 2. The summed E-state index contributed by atoms with van der Waals surface area (Å²) in [5, 5.41) is 6.08. The summed E-state index contributed by atoms with van der Waals surface area (Å²) in [7, 11) is 0. The minimum atomic E-state index is -0.950. The molecule has 1 aliphatic rings. The van der Waals surface area contributed by atoms with E-state index in [0.29, 0.717) is 33.3 Å². The highest BCUT2D eigenvalue weighted by Gasteiger charge is 2.49. The molecule has 8 heteroatoms. The van der Waals surface area contributed by atoms with Crippen LogP contribution in [-0.2, 0) is 14.9 Å². The molecule has 158 valence electrons. The van der Waals surface area contributed by atoms with Crippen LogP contribution in [0.1, 0.15) is 21.7 Å². The van der Waals surface area contributed by atoms with Gasteiger partial charge in [0.15, 0.2) is 0 Å². The normalized spacial score (nSPS) is 14.4. The maximum absolute atomic E-state index is 13.1. The van der Waals surface area contributed by atoms with Crippen molar-refractivity contribution in [2.45, 2.75) is 12.3 Å². The van der Waals surface area contributed by atoms with Gasteiger partial charge in [-0.15, -0.1) is 0 Å². The summed E-state index contributed by atoms with van der Waals surface area (Å²) >= 11 is 5.95. The molecule has 0 aliphatic carbocycles. The van der Waals surface area contributed by atoms with Gasteiger partial charge in [-0.05, 0) is 61.5 Å². The van der Waals surface area contributed by atoms with Crippen molar-refractivity contribution in [2.24, 2.45) is 0 Å². The Morgan fingerprint density at radius 1 is 1.06 bits per heavy atom. The zero-order chi connectivity index (χ0) is 22.0. The smallest absolute Gasteiger partial charge is 0.255 e. The molecule has 2 amide bonds. The summed E-state index contributed by atoms with van der Waals surface area (Å²) in [6.45, 7) is 2.11. The van der Waals surface area contributed by atoms with Crippen LogP contribution in [0.4, 0.5) is 15.8 Å². The first kappa shape index (κ1) is 21.0. The molecule has 0 saturated carbocycles. The number of pyridine rings is 1. The van der Waals surface area contributed by atoms with Crippen LogP contribution in [0.25, 0.3) is 0 Å². The minimum Gasteiger partial charge on any atom is -0.378 e. The molecular formula is C23H19ClFN3O3. The van der Waals surface area contributed by atoms with Crippen molar-refractivity contribution in [1.29, 1.82) is 0 Å². The molecule has 3 aromatic rings. The van der Waals surface area contributed by atoms with Gasteiger partial charge in [0.25, 0.3) is 5.91 Å². The molecule has 1 fully saturated rings. The van der Waals surface area contributed by atoms with Crippen LogP contribution in [0.5, 0.6) is 0 Å². The molecule has 0 unspecified atom stereocenters. The Morgan fingerprint density at radius 2 is 1.81 bits per heavy atom. The molecule has 1 saturated heterocycles. The minimum absolute atomic E-state index is 0.181. The molecule has 2 aromatic carbocycles. The van der Waals surface area contributed by atoms with Gasteiger partial charge < -0.3 is 15.4 Å². The Labute approximate surface area is 183 Å². The van der Waals surface area contributed by atoms with Crippen LogP contribution in [0.15, 0.2) is 60.7 Å². The number of hydrogen-bond donors (Lipinski definition) is 2. The van der Waals surface area contributed by atoms with Crippen molar-refractivity contribution in [3.8, 4) is 0 Å². The zero-order valence-corrected chi connectivity index (χ0v) is 17.4. The van der Waals surface area contributed by atoms with Gasteiger partial charge in [-0.1, -0.05) is 17.7 Å². The van der Waals surface area contributed by atoms with Crippen molar-refractivity contribution >= 4 is 34.8 Å². The topological polar surface area (TPSA) is 80.3 Å². The van der Waals surface area contributed by atoms with Crippen LogP contribution >= 0.6 is 11.6 Å². The number of aryl methyl sites for hydroxylation is 1. The highest BCUT2D eigenvalue weighted by atomic mass is 35.5. The monoisotopic (exact) mass is 439 g/mol. The van der Waals surface area contributed by atoms with Crippen LogP contribution < -0.4 is 10.6 Å². The second-order valence-corrected chi connectivity index (χ2v) is 7.77. The molecule has 1 aliphatic heterocycles. The van der Waals surface area contributed by atoms with Crippen LogP contribution in [0.3, 0.4) is 0 Å². The van der Waals surface area contributed by atoms with Crippen LogP contribution in [0.2, 0.25) is 5.02 Å². The first-order chi connectivity index (χ1) is 14.9. The fourth-order valence-corrected chi connectivity index (χ4v) is 3.46. The van der Waals surface area contributed by atoms with Gasteiger partial charge in [0.05, 0.1) is 30.3 Å². The molecule has 0 spiro atoms. The summed E-state index contributed by atoms with van der Waals surface area (Å²) in [5.41, 5.74) is 1.60. The van der Waals surface area contributed by atoms with E-state index in [4.69, 9.17) is 16.3 Å². The SMILES string of the molecule is Cc1nc(C2(C(=O)Nc3ccc(F)cc3)COC2)ccc1NC(=O)c1cccc(Cl)c1. The van der Waals surface area contributed by atoms with E-state index in [2.05, 4.69) is 15.6 Å². The number of nitrogens with zero attached hydrogens (tertiary/aromatic N) is 1. The zero-order valence-electron chi connectivity index (χ0n) is 16.6. The second-order valence-electron chi connectivity index (χ2n) is 7.33. The van der Waals surface area contributed by atoms with E-state index in [1.54, 1.807) is 43.3 Å².